The van der Waals surface area contributed by atoms with Crippen molar-refractivity contribution in [3.8, 4) is 0 Å². The Hall–Kier alpha value is -1.17. The highest BCUT2D eigenvalue weighted by atomic mass is 16.7. The van der Waals surface area contributed by atoms with E-state index >= 15 is 0 Å². The van der Waals surface area contributed by atoms with Gasteiger partial charge >= 0.3 is 7.12 Å². The molecule has 21 heavy (non-hydrogen) atoms. The highest BCUT2D eigenvalue weighted by Crippen LogP contribution is 2.37. The third kappa shape index (κ3) is 2.91. The van der Waals surface area contributed by atoms with E-state index in [1.807, 2.05) is 18.2 Å². The standard InChI is InChI=1S/C16H23BN2O2/c1-15(2)16(3,4)21-17(20-15)7-5-12-9-13-11-18-8-6-14(13)19-10-12/h5,7,9-10,18H,6,8,11H2,1-4H3/b7-5+. The van der Waals surface area contributed by atoms with E-state index in [1.165, 1.54) is 11.3 Å². The highest BCUT2D eigenvalue weighted by Gasteiger charge is 2.49. The van der Waals surface area contributed by atoms with Crippen LogP contribution in [0, 0.1) is 0 Å². The molecule has 3 rings (SSSR count). The Kier molecular flexibility index (Phi) is 3.68. The summed E-state index contributed by atoms with van der Waals surface area (Å²) in [5.41, 5.74) is 3.01. The number of nitrogens with one attached hydrogen (secondary N) is 1. The highest BCUT2D eigenvalue weighted by molar-refractivity contribution is 6.52. The van der Waals surface area contributed by atoms with Gasteiger partial charge in [0, 0.05) is 31.4 Å². The molecule has 1 N–H and O–H groups in total. The molecule has 1 saturated heterocycles. The molecule has 1 aromatic heterocycles. The quantitative estimate of drug-likeness (QED) is 0.848. The molecular formula is C16H23BN2O2. The van der Waals surface area contributed by atoms with E-state index in [0.717, 1.165) is 25.1 Å². The summed E-state index contributed by atoms with van der Waals surface area (Å²) < 4.78 is 11.9. The Morgan fingerprint density at radius 2 is 1.95 bits per heavy atom. The van der Waals surface area contributed by atoms with Crippen molar-refractivity contribution in [3.63, 3.8) is 0 Å². The number of nitrogens with zero attached hydrogens (tertiary/aromatic N) is 1. The van der Waals surface area contributed by atoms with Crippen molar-refractivity contribution in [2.45, 2.75) is 51.9 Å². The van der Waals surface area contributed by atoms with Gasteiger partial charge in [0.1, 0.15) is 0 Å². The van der Waals surface area contributed by atoms with Gasteiger partial charge in [-0.2, -0.15) is 0 Å². The fourth-order valence-electron chi connectivity index (χ4n) is 2.61. The summed E-state index contributed by atoms with van der Waals surface area (Å²) in [6.07, 6.45) is 4.96. The van der Waals surface area contributed by atoms with Gasteiger partial charge in [0.2, 0.25) is 0 Å². The molecule has 4 nitrogen and oxygen atoms in total. The van der Waals surface area contributed by atoms with Gasteiger partial charge in [-0.1, -0.05) is 12.1 Å². The van der Waals surface area contributed by atoms with Crippen LogP contribution in [0.5, 0.6) is 0 Å². The van der Waals surface area contributed by atoms with E-state index in [9.17, 15) is 0 Å². The van der Waals surface area contributed by atoms with Crippen LogP contribution < -0.4 is 5.32 Å². The van der Waals surface area contributed by atoms with Gasteiger partial charge in [-0.3, -0.25) is 4.98 Å². The largest absolute Gasteiger partial charge is 0.487 e. The SMILES string of the molecule is CC1(C)OB(/C=C/c2cnc3c(c2)CNCC3)OC1(C)C. The molecule has 0 atom stereocenters. The molecule has 0 radical (unpaired) electrons. The first-order valence-corrected chi connectivity index (χ1v) is 7.60. The van der Waals surface area contributed by atoms with E-state index in [2.05, 4.69) is 44.1 Å². The van der Waals surface area contributed by atoms with Gasteiger partial charge in [-0.05, 0) is 44.9 Å². The van der Waals surface area contributed by atoms with Crippen LogP contribution >= 0.6 is 0 Å². The number of rotatable bonds is 2. The third-order valence-electron chi connectivity index (χ3n) is 4.65. The van der Waals surface area contributed by atoms with E-state index in [-0.39, 0.29) is 18.3 Å². The van der Waals surface area contributed by atoms with E-state index in [4.69, 9.17) is 9.31 Å². The maximum Gasteiger partial charge on any atom is 0.487 e. The number of hydrogen-bond acceptors (Lipinski definition) is 4. The maximum absolute atomic E-state index is 5.96. The molecule has 1 fully saturated rings. The summed E-state index contributed by atoms with van der Waals surface area (Å²) >= 11 is 0. The summed E-state index contributed by atoms with van der Waals surface area (Å²) in [4.78, 5) is 4.55. The zero-order chi connectivity index (χ0) is 15.1. The summed E-state index contributed by atoms with van der Waals surface area (Å²) in [7, 11) is -0.302. The molecule has 5 heteroatoms. The summed E-state index contributed by atoms with van der Waals surface area (Å²) in [6.45, 7) is 10.2. The lowest BCUT2D eigenvalue weighted by Crippen LogP contribution is -2.41. The molecular weight excluding hydrogens is 263 g/mol. The third-order valence-corrected chi connectivity index (χ3v) is 4.65. The first-order valence-electron chi connectivity index (χ1n) is 7.60. The Morgan fingerprint density at radius 1 is 1.24 bits per heavy atom. The van der Waals surface area contributed by atoms with Crippen LogP contribution in [0.15, 0.2) is 18.2 Å². The average Bonchev–Trinajstić information content (AvgIpc) is 2.64. The molecule has 0 saturated carbocycles. The fourth-order valence-corrected chi connectivity index (χ4v) is 2.61. The van der Waals surface area contributed by atoms with Crippen molar-refractivity contribution >= 4 is 13.2 Å². The fraction of sp³-hybridized carbons (Fsp3) is 0.562. The summed E-state index contributed by atoms with van der Waals surface area (Å²) in [5.74, 6) is 1.97. The number of hydrogen-bond donors (Lipinski definition) is 1. The maximum atomic E-state index is 5.96. The van der Waals surface area contributed by atoms with Gasteiger partial charge in [0.15, 0.2) is 0 Å². The Labute approximate surface area is 127 Å². The summed E-state index contributed by atoms with van der Waals surface area (Å²) in [6, 6.07) is 2.19. The lowest BCUT2D eigenvalue weighted by molar-refractivity contribution is 0.00578. The van der Waals surface area contributed by atoms with Crippen LogP contribution in [0.1, 0.15) is 44.5 Å². The lowest BCUT2D eigenvalue weighted by atomic mass is 9.89. The minimum Gasteiger partial charge on any atom is -0.400 e. The van der Waals surface area contributed by atoms with Gasteiger partial charge in [0.25, 0.3) is 0 Å². The average molecular weight is 286 g/mol. The van der Waals surface area contributed by atoms with Crippen LogP contribution in [0.4, 0.5) is 0 Å². The molecule has 2 aliphatic heterocycles. The molecule has 0 bridgehead atoms. The number of fused-ring (bicyclic) bond motifs is 1. The van der Waals surface area contributed by atoms with Crippen LogP contribution in [-0.2, 0) is 22.3 Å². The molecule has 2 aliphatic rings. The van der Waals surface area contributed by atoms with Crippen LogP contribution in [0.3, 0.4) is 0 Å². The minimum absolute atomic E-state index is 0.292. The topological polar surface area (TPSA) is 43.4 Å². The minimum atomic E-state index is -0.302. The second-order valence-electron chi connectivity index (χ2n) is 6.79. The number of aromatic nitrogens is 1. The number of pyridine rings is 1. The van der Waals surface area contributed by atoms with E-state index < -0.39 is 0 Å². The smallest absolute Gasteiger partial charge is 0.400 e. The van der Waals surface area contributed by atoms with Crippen molar-refractivity contribution in [1.82, 2.24) is 10.3 Å². The van der Waals surface area contributed by atoms with Gasteiger partial charge < -0.3 is 14.6 Å². The van der Waals surface area contributed by atoms with Gasteiger partial charge in [-0.15, -0.1) is 0 Å². The van der Waals surface area contributed by atoms with Crippen LogP contribution in [-0.4, -0.2) is 29.8 Å². The zero-order valence-corrected chi connectivity index (χ0v) is 13.3. The Morgan fingerprint density at radius 3 is 2.67 bits per heavy atom. The first-order chi connectivity index (χ1) is 9.87. The Bertz CT molecular complexity index is 553. The second-order valence-corrected chi connectivity index (χ2v) is 6.79. The second kappa shape index (κ2) is 5.23. The Balaban J connectivity index is 1.73. The molecule has 0 unspecified atom stereocenters. The normalized spacial score (nSPS) is 23.5. The van der Waals surface area contributed by atoms with E-state index in [0.29, 0.717) is 0 Å². The summed E-state index contributed by atoms with van der Waals surface area (Å²) in [5, 5.41) is 3.37. The first kappa shape index (κ1) is 14.8. The molecule has 112 valence electrons. The lowest BCUT2D eigenvalue weighted by Gasteiger charge is -2.32. The van der Waals surface area contributed by atoms with Crippen molar-refractivity contribution in [2.75, 3.05) is 6.54 Å². The monoisotopic (exact) mass is 286 g/mol. The molecule has 0 spiro atoms. The van der Waals surface area contributed by atoms with Gasteiger partial charge in [-0.25, -0.2) is 0 Å². The molecule has 0 aromatic carbocycles. The van der Waals surface area contributed by atoms with Crippen molar-refractivity contribution in [1.29, 1.82) is 0 Å². The molecule has 0 amide bonds. The molecule has 3 heterocycles. The van der Waals surface area contributed by atoms with Crippen molar-refractivity contribution in [3.05, 3.63) is 35.1 Å². The van der Waals surface area contributed by atoms with Crippen LogP contribution in [0.25, 0.3) is 6.08 Å². The predicted octanol–water partition coefficient (Wildman–Crippen LogP) is 2.37. The predicted molar refractivity (Wildman–Crippen MR) is 84.8 cm³/mol. The van der Waals surface area contributed by atoms with E-state index in [1.54, 1.807) is 0 Å². The van der Waals surface area contributed by atoms with Gasteiger partial charge in [0.05, 0.1) is 11.2 Å². The van der Waals surface area contributed by atoms with Crippen molar-refractivity contribution in [2.24, 2.45) is 0 Å². The zero-order valence-electron chi connectivity index (χ0n) is 13.3. The van der Waals surface area contributed by atoms with Crippen molar-refractivity contribution < 1.29 is 9.31 Å². The molecule has 1 aromatic rings. The van der Waals surface area contributed by atoms with Crippen LogP contribution in [0.2, 0.25) is 0 Å². The molecule has 0 aliphatic carbocycles.